The standard InChI is InChI=1S/C38H47NO8SSi/c1-38(2,3)49(33-22-14-8-15-23-33,34-24-16-9-17-25-34)47-39-26-35(45-30-42-4)37(44-28-32-20-12-7-13-21-32)36(46-48(5,40)41)29-43-27-31-18-10-6-11-19-31/h6-26,35-37H,27-30H2,1-5H3/b39-26+/t35-,36+,37+/m1/s1. The van der Waals surface area contributed by atoms with Crippen LogP contribution in [0.5, 0.6) is 0 Å². The van der Waals surface area contributed by atoms with Gasteiger partial charge in [0.15, 0.2) is 0 Å². The quantitative estimate of drug-likeness (QED) is 0.0404. The molecule has 9 nitrogen and oxygen atoms in total. The molecule has 0 amide bonds. The molecule has 0 unspecified atom stereocenters. The van der Waals surface area contributed by atoms with E-state index in [1.165, 1.54) is 13.3 Å². The Balaban J connectivity index is 1.73. The fourth-order valence-electron chi connectivity index (χ4n) is 5.61. The van der Waals surface area contributed by atoms with Crippen LogP contribution in [0.25, 0.3) is 0 Å². The van der Waals surface area contributed by atoms with E-state index < -0.39 is 36.7 Å². The van der Waals surface area contributed by atoms with Crippen LogP contribution in [0.4, 0.5) is 0 Å². The van der Waals surface area contributed by atoms with E-state index in [-0.39, 0.29) is 31.7 Å². The van der Waals surface area contributed by atoms with Gasteiger partial charge in [0.25, 0.3) is 10.1 Å². The summed E-state index contributed by atoms with van der Waals surface area (Å²) in [6.45, 7) is 6.60. The van der Waals surface area contributed by atoms with Crippen molar-refractivity contribution in [3.8, 4) is 0 Å². The van der Waals surface area contributed by atoms with Crippen molar-refractivity contribution in [1.29, 1.82) is 0 Å². The minimum absolute atomic E-state index is 0.113. The molecule has 0 spiro atoms. The molecular formula is C38H47NO8SSi. The molecule has 0 bridgehead atoms. The Morgan fingerprint density at radius 1 is 0.735 bits per heavy atom. The summed E-state index contributed by atoms with van der Waals surface area (Å²) in [4.78, 5) is 0. The maximum atomic E-state index is 12.6. The van der Waals surface area contributed by atoms with Gasteiger partial charge in [-0.05, 0) is 21.5 Å². The Bertz CT molecular complexity index is 1610. The first-order valence-electron chi connectivity index (χ1n) is 16.1. The van der Waals surface area contributed by atoms with Gasteiger partial charge >= 0.3 is 8.32 Å². The molecule has 0 saturated carbocycles. The summed E-state index contributed by atoms with van der Waals surface area (Å²) in [6, 6.07) is 39.4. The molecule has 4 rings (SSSR count). The van der Waals surface area contributed by atoms with E-state index in [0.717, 1.165) is 27.8 Å². The van der Waals surface area contributed by atoms with Crippen molar-refractivity contribution in [3.05, 3.63) is 132 Å². The summed E-state index contributed by atoms with van der Waals surface area (Å²) >= 11 is 0. The Kier molecular flexibility index (Phi) is 14.3. The van der Waals surface area contributed by atoms with Crippen LogP contribution in [0.3, 0.4) is 0 Å². The summed E-state index contributed by atoms with van der Waals surface area (Å²) < 4.78 is 61.4. The summed E-state index contributed by atoms with van der Waals surface area (Å²) in [5, 5.41) is 6.38. The molecule has 11 heteroatoms. The first-order chi connectivity index (χ1) is 23.5. The average molecular weight is 706 g/mol. The molecule has 0 aliphatic carbocycles. The lowest BCUT2D eigenvalue weighted by molar-refractivity contribution is -0.142. The predicted molar refractivity (Wildman–Crippen MR) is 195 cm³/mol. The molecule has 4 aromatic carbocycles. The van der Waals surface area contributed by atoms with Gasteiger partial charge in [-0.25, -0.2) is 0 Å². The number of hydrogen-bond acceptors (Lipinski definition) is 9. The zero-order valence-electron chi connectivity index (χ0n) is 28.8. The van der Waals surface area contributed by atoms with Gasteiger partial charge in [-0.1, -0.05) is 142 Å². The zero-order chi connectivity index (χ0) is 35.2. The SMILES string of the molecule is COCO[C@H](/C=N/O[Si](c1ccccc1)(c1ccccc1)C(C)(C)C)[C@H](OCc1ccccc1)[C@H](COCc1ccccc1)OS(C)(=O)=O. The predicted octanol–water partition coefficient (Wildman–Crippen LogP) is 5.68. The fraction of sp³-hybridized carbons (Fsp3) is 0.342. The second-order valence-electron chi connectivity index (χ2n) is 12.6. The van der Waals surface area contributed by atoms with Crippen LogP contribution >= 0.6 is 0 Å². The number of nitrogens with zero attached hydrogens (tertiary/aromatic N) is 1. The number of benzene rings is 4. The third-order valence-electron chi connectivity index (χ3n) is 7.86. The number of hydrogen-bond donors (Lipinski definition) is 0. The third-order valence-corrected chi connectivity index (χ3v) is 13.2. The minimum atomic E-state index is -3.95. The monoisotopic (exact) mass is 705 g/mol. The molecule has 0 aliphatic heterocycles. The summed E-state index contributed by atoms with van der Waals surface area (Å²) in [7, 11) is -5.51. The normalized spacial score (nSPS) is 14.4. The van der Waals surface area contributed by atoms with E-state index in [2.05, 4.69) is 50.2 Å². The highest BCUT2D eigenvalue weighted by molar-refractivity contribution is 7.86. The topological polar surface area (TPSA) is 102 Å². The van der Waals surface area contributed by atoms with Crippen LogP contribution < -0.4 is 10.4 Å². The Morgan fingerprint density at radius 3 is 1.69 bits per heavy atom. The van der Waals surface area contributed by atoms with Gasteiger partial charge in [0.2, 0.25) is 0 Å². The molecule has 0 saturated heterocycles. The van der Waals surface area contributed by atoms with Crippen molar-refractivity contribution in [2.75, 3.05) is 26.8 Å². The fourth-order valence-corrected chi connectivity index (χ4v) is 10.3. The van der Waals surface area contributed by atoms with Crippen molar-refractivity contribution >= 4 is 35.0 Å². The van der Waals surface area contributed by atoms with Crippen molar-refractivity contribution in [3.63, 3.8) is 0 Å². The maximum absolute atomic E-state index is 12.6. The first kappa shape index (κ1) is 38.1. The zero-order valence-corrected chi connectivity index (χ0v) is 30.6. The van der Waals surface area contributed by atoms with Crippen molar-refractivity contribution in [1.82, 2.24) is 0 Å². The van der Waals surface area contributed by atoms with Gasteiger partial charge in [0, 0.05) is 12.1 Å². The third kappa shape index (κ3) is 11.2. The average Bonchev–Trinajstić information content (AvgIpc) is 3.09. The van der Waals surface area contributed by atoms with E-state index >= 15 is 0 Å². The van der Waals surface area contributed by atoms with Gasteiger partial charge < -0.3 is 23.5 Å². The molecule has 0 aliphatic rings. The van der Waals surface area contributed by atoms with E-state index in [1.54, 1.807) is 0 Å². The molecule has 3 atom stereocenters. The number of rotatable bonds is 19. The molecule has 0 fully saturated rings. The Hall–Kier alpha value is -3.68. The van der Waals surface area contributed by atoms with Crippen molar-refractivity contribution < 1.29 is 36.1 Å². The van der Waals surface area contributed by atoms with Crippen molar-refractivity contribution in [2.24, 2.45) is 5.16 Å². The molecule has 0 N–H and O–H groups in total. The van der Waals surface area contributed by atoms with Crippen LogP contribution in [0.1, 0.15) is 31.9 Å². The summed E-state index contributed by atoms with van der Waals surface area (Å²) in [6.07, 6.45) is -0.578. The smallest absolute Gasteiger partial charge is 0.354 e. The Morgan fingerprint density at radius 2 is 1.22 bits per heavy atom. The summed E-state index contributed by atoms with van der Waals surface area (Å²) in [5.41, 5.74) is 1.80. The number of oxime groups is 1. The van der Waals surface area contributed by atoms with Crippen LogP contribution in [-0.2, 0) is 51.0 Å². The minimum Gasteiger partial charge on any atom is -0.443 e. The lowest BCUT2D eigenvalue weighted by Gasteiger charge is -2.40. The van der Waals surface area contributed by atoms with Gasteiger partial charge in [-0.3, -0.25) is 4.18 Å². The molecule has 49 heavy (non-hydrogen) atoms. The van der Waals surface area contributed by atoms with Crippen LogP contribution in [0, 0.1) is 0 Å². The van der Waals surface area contributed by atoms with E-state index in [0.29, 0.717) is 0 Å². The highest BCUT2D eigenvalue weighted by atomic mass is 32.2. The molecule has 0 heterocycles. The Labute approximate surface area is 292 Å². The highest BCUT2D eigenvalue weighted by Gasteiger charge is 2.53. The lowest BCUT2D eigenvalue weighted by Crippen LogP contribution is -2.65. The van der Waals surface area contributed by atoms with Crippen LogP contribution in [0.15, 0.2) is 126 Å². The molecule has 0 radical (unpaired) electrons. The van der Waals surface area contributed by atoms with E-state index in [9.17, 15) is 8.42 Å². The van der Waals surface area contributed by atoms with Gasteiger partial charge in [-0.2, -0.15) is 8.42 Å². The van der Waals surface area contributed by atoms with Crippen LogP contribution in [-0.4, -0.2) is 68.0 Å². The molecule has 0 aromatic heterocycles. The summed E-state index contributed by atoms with van der Waals surface area (Å²) in [5.74, 6) is 0. The van der Waals surface area contributed by atoms with Crippen molar-refractivity contribution in [2.45, 2.75) is 57.3 Å². The largest absolute Gasteiger partial charge is 0.443 e. The second kappa shape index (κ2) is 18.3. The molecular weight excluding hydrogens is 659 g/mol. The van der Waals surface area contributed by atoms with Gasteiger partial charge in [-0.15, -0.1) is 5.16 Å². The van der Waals surface area contributed by atoms with E-state index in [4.69, 9.17) is 27.7 Å². The van der Waals surface area contributed by atoms with Gasteiger partial charge in [0.05, 0.1) is 32.3 Å². The number of ether oxygens (including phenoxy) is 4. The first-order valence-corrected chi connectivity index (χ1v) is 19.8. The molecule has 4 aromatic rings. The van der Waals surface area contributed by atoms with Crippen LogP contribution in [0.2, 0.25) is 5.04 Å². The lowest BCUT2D eigenvalue weighted by atomic mass is 10.1. The maximum Gasteiger partial charge on any atom is 0.354 e. The molecule has 262 valence electrons. The number of methoxy groups -OCH3 is 1. The van der Waals surface area contributed by atoms with E-state index in [1.807, 2.05) is 97.1 Å². The second-order valence-corrected chi connectivity index (χ2v) is 18.4. The van der Waals surface area contributed by atoms with Gasteiger partial charge in [0.1, 0.15) is 25.1 Å². The highest BCUT2D eigenvalue weighted by Crippen LogP contribution is 2.37.